The Kier molecular flexibility index (Phi) is 4.31. The zero-order valence-corrected chi connectivity index (χ0v) is 15.6. The molecule has 0 saturated carbocycles. The van der Waals surface area contributed by atoms with Crippen LogP contribution in [0, 0.1) is 5.82 Å². The molecule has 1 aromatic heterocycles. The number of para-hydroxylation sites is 1. The molecule has 5 nitrogen and oxygen atoms in total. The van der Waals surface area contributed by atoms with Crippen molar-refractivity contribution in [3.63, 3.8) is 0 Å². The van der Waals surface area contributed by atoms with Crippen LogP contribution in [0.25, 0.3) is 0 Å². The summed E-state index contributed by atoms with van der Waals surface area (Å²) in [4.78, 5) is 16.2. The van der Waals surface area contributed by atoms with E-state index in [9.17, 15) is 4.39 Å². The first-order valence-corrected chi connectivity index (χ1v) is 9.72. The first-order chi connectivity index (χ1) is 13.8. The highest BCUT2D eigenvalue weighted by Crippen LogP contribution is 2.32. The van der Waals surface area contributed by atoms with Gasteiger partial charge in [-0.3, -0.25) is 0 Å². The Hall–Kier alpha value is -3.15. The van der Waals surface area contributed by atoms with Gasteiger partial charge in [-0.05, 0) is 48.4 Å². The summed E-state index contributed by atoms with van der Waals surface area (Å²) in [6.45, 7) is 4.45. The van der Waals surface area contributed by atoms with Gasteiger partial charge in [-0.25, -0.2) is 9.37 Å². The van der Waals surface area contributed by atoms with Crippen LogP contribution in [0.3, 0.4) is 0 Å². The van der Waals surface area contributed by atoms with Crippen molar-refractivity contribution in [3.8, 4) is 0 Å². The first kappa shape index (κ1) is 17.0. The molecule has 2 aliphatic heterocycles. The van der Waals surface area contributed by atoms with Crippen molar-refractivity contribution in [2.45, 2.75) is 6.42 Å². The number of piperazine rings is 1. The smallest absolute Gasteiger partial charge is 0.231 e. The molecule has 28 heavy (non-hydrogen) atoms. The maximum absolute atomic E-state index is 13.2. The lowest BCUT2D eigenvalue weighted by Crippen LogP contribution is -2.46. The highest BCUT2D eigenvalue weighted by molar-refractivity contribution is 5.66. The molecule has 0 bridgehead atoms. The minimum absolute atomic E-state index is 0.195. The van der Waals surface area contributed by atoms with Crippen LogP contribution < -0.4 is 14.7 Å². The van der Waals surface area contributed by atoms with Gasteiger partial charge in [0.25, 0.3) is 0 Å². The van der Waals surface area contributed by atoms with Gasteiger partial charge in [0, 0.05) is 50.3 Å². The molecule has 0 atom stereocenters. The van der Waals surface area contributed by atoms with Gasteiger partial charge in [0.05, 0.1) is 0 Å². The van der Waals surface area contributed by atoms with Crippen LogP contribution in [0.5, 0.6) is 0 Å². The molecule has 3 aromatic rings. The third-order valence-corrected chi connectivity index (χ3v) is 5.55. The highest BCUT2D eigenvalue weighted by Gasteiger charge is 2.24. The summed E-state index contributed by atoms with van der Waals surface area (Å²) in [7, 11) is 0. The van der Waals surface area contributed by atoms with Crippen LogP contribution in [-0.4, -0.2) is 42.7 Å². The Morgan fingerprint density at radius 3 is 2.36 bits per heavy atom. The summed E-state index contributed by atoms with van der Waals surface area (Å²) in [5.74, 6) is 1.54. The molecule has 0 unspecified atom stereocenters. The van der Waals surface area contributed by atoms with Gasteiger partial charge in [-0.15, -0.1) is 0 Å². The van der Waals surface area contributed by atoms with Gasteiger partial charge >= 0.3 is 0 Å². The standard InChI is InChI=1S/C22H22FN5/c23-18-5-7-19(8-6-18)26-13-15-27(16-14-26)21-9-11-24-22(25-21)28-12-10-17-3-1-2-4-20(17)28/h1-9,11H,10,12-16H2. The van der Waals surface area contributed by atoms with Crippen molar-refractivity contribution in [3.05, 3.63) is 72.2 Å². The number of rotatable bonds is 3. The number of benzene rings is 2. The third-order valence-electron chi connectivity index (χ3n) is 5.55. The fraction of sp³-hybridized carbons (Fsp3) is 0.273. The Bertz CT molecular complexity index is 967. The van der Waals surface area contributed by atoms with Gasteiger partial charge in [0.1, 0.15) is 11.6 Å². The second-order valence-electron chi connectivity index (χ2n) is 7.20. The van der Waals surface area contributed by atoms with Gasteiger partial charge < -0.3 is 14.7 Å². The zero-order chi connectivity index (χ0) is 18.9. The number of nitrogens with zero attached hydrogens (tertiary/aromatic N) is 5. The number of halogens is 1. The molecule has 1 saturated heterocycles. The van der Waals surface area contributed by atoms with E-state index in [4.69, 9.17) is 4.98 Å². The predicted octanol–water partition coefficient (Wildman–Crippen LogP) is 3.64. The SMILES string of the molecule is Fc1ccc(N2CCN(c3ccnc(N4CCc5ccccc54)n3)CC2)cc1. The Morgan fingerprint density at radius 1 is 0.786 bits per heavy atom. The maximum Gasteiger partial charge on any atom is 0.231 e. The van der Waals surface area contributed by atoms with Crippen molar-refractivity contribution in [2.75, 3.05) is 47.4 Å². The fourth-order valence-corrected chi connectivity index (χ4v) is 4.04. The fourth-order valence-electron chi connectivity index (χ4n) is 4.04. The lowest BCUT2D eigenvalue weighted by molar-refractivity contribution is 0.624. The molecular formula is C22H22FN5. The number of aromatic nitrogens is 2. The first-order valence-electron chi connectivity index (χ1n) is 9.72. The molecule has 2 aliphatic rings. The number of anilines is 4. The van der Waals surface area contributed by atoms with E-state index in [1.54, 1.807) is 0 Å². The predicted molar refractivity (Wildman–Crippen MR) is 110 cm³/mol. The number of hydrogen-bond donors (Lipinski definition) is 0. The van der Waals surface area contributed by atoms with E-state index in [-0.39, 0.29) is 5.82 Å². The Morgan fingerprint density at radius 2 is 1.54 bits per heavy atom. The molecular weight excluding hydrogens is 353 g/mol. The lowest BCUT2D eigenvalue weighted by atomic mass is 10.2. The monoisotopic (exact) mass is 375 g/mol. The highest BCUT2D eigenvalue weighted by atomic mass is 19.1. The summed E-state index contributed by atoms with van der Waals surface area (Å²) in [5.41, 5.74) is 3.63. The van der Waals surface area contributed by atoms with Crippen LogP contribution in [0.4, 0.5) is 27.5 Å². The molecule has 6 heteroatoms. The van der Waals surface area contributed by atoms with E-state index in [1.165, 1.54) is 23.4 Å². The average Bonchev–Trinajstić information content (AvgIpc) is 3.19. The van der Waals surface area contributed by atoms with Gasteiger partial charge in [0.15, 0.2) is 0 Å². The molecule has 3 heterocycles. The molecule has 1 fully saturated rings. The molecule has 2 aromatic carbocycles. The van der Waals surface area contributed by atoms with Crippen LogP contribution in [0.2, 0.25) is 0 Å². The van der Waals surface area contributed by atoms with Crippen molar-refractivity contribution in [1.82, 2.24) is 9.97 Å². The summed E-state index contributed by atoms with van der Waals surface area (Å²) in [5, 5.41) is 0. The third kappa shape index (κ3) is 3.15. The zero-order valence-electron chi connectivity index (χ0n) is 15.6. The van der Waals surface area contributed by atoms with Crippen molar-refractivity contribution in [1.29, 1.82) is 0 Å². The van der Waals surface area contributed by atoms with E-state index in [0.717, 1.165) is 56.6 Å². The normalized spacial score (nSPS) is 16.4. The quantitative estimate of drug-likeness (QED) is 0.699. The minimum Gasteiger partial charge on any atom is -0.368 e. The molecule has 0 N–H and O–H groups in total. The van der Waals surface area contributed by atoms with Gasteiger partial charge in [-0.1, -0.05) is 18.2 Å². The molecule has 0 spiro atoms. The average molecular weight is 375 g/mol. The summed E-state index contributed by atoms with van der Waals surface area (Å²) >= 11 is 0. The van der Waals surface area contributed by atoms with Crippen LogP contribution in [0.1, 0.15) is 5.56 Å². The number of fused-ring (bicyclic) bond motifs is 1. The van der Waals surface area contributed by atoms with E-state index in [1.807, 2.05) is 24.4 Å². The molecule has 5 rings (SSSR count). The van der Waals surface area contributed by atoms with E-state index in [2.05, 4.69) is 43.9 Å². The summed E-state index contributed by atoms with van der Waals surface area (Å²) in [6.07, 6.45) is 2.88. The van der Waals surface area contributed by atoms with Crippen molar-refractivity contribution >= 4 is 23.1 Å². The molecule has 142 valence electrons. The largest absolute Gasteiger partial charge is 0.368 e. The van der Waals surface area contributed by atoms with E-state index < -0.39 is 0 Å². The van der Waals surface area contributed by atoms with Crippen molar-refractivity contribution in [2.24, 2.45) is 0 Å². The Labute approximate surface area is 164 Å². The lowest BCUT2D eigenvalue weighted by Gasteiger charge is -2.37. The van der Waals surface area contributed by atoms with Crippen LogP contribution in [0.15, 0.2) is 60.8 Å². The summed E-state index contributed by atoms with van der Waals surface area (Å²) < 4.78 is 13.2. The molecule has 0 radical (unpaired) electrons. The second-order valence-corrected chi connectivity index (χ2v) is 7.20. The Balaban J connectivity index is 1.31. The molecule has 0 amide bonds. The molecule has 0 aliphatic carbocycles. The van der Waals surface area contributed by atoms with Crippen LogP contribution >= 0.6 is 0 Å². The van der Waals surface area contributed by atoms with E-state index in [0.29, 0.717) is 0 Å². The maximum atomic E-state index is 13.2. The second kappa shape index (κ2) is 7.11. The van der Waals surface area contributed by atoms with Crippen molar-refractivity contribution < 1.29 is 4.39 Å². The summed E-state index contributed by atoms with van der Waals surface area (Å²) in [6, 6.07) is 17.2. The number of hydrogen-bond acceptors (Lipinski definition) is 5. The van der Waals surface area contributed by atoms with Gasteiger partial charge in [-0.2, -0.15) is 4.98 Å². The van der Waals surface area contributed by atoms with E-state index >= 15 is 0 Å². The topological polar surface area (TPSA) is 35.5 Å². The van der Waals surface area contributed by atoms with Gasteiger partial charge in [0.2, 0.25) is 5.95 Å². The minimum atomic E-state index is -0.195. The van der Waals surface area contributed by atoms with Crippen LogP contribution in [-0.2, 0) is 6.42 Å².